The molecule has 1 aliphatic rings. The standard InChI is InChI=1S/C11H17N3O3/c1-8(7-12)10(15)13-9(2)11(16)14-3-5-17-6-4-14/h8-9H,3-6H2,1-2H3,(H,13,15). The van der Waals surface area contributed by atoms with Crippen LogP contribution in [0.25, 0.3) is 0 Å². The van der Waals surface area contributed by atoms with Gasteiger partial charge in [0.05, 0.1) is 19.3 Å². The molecular weight excluding hydrogens is 222 g/mol. The summed E-state index contributed by atoms with van der Waals surface area (Å²) in [5.41, 5.74) is 0. The van der Waals surface area contributed by atoms with Crippen molar-refractivity contribution >= 4 is 11.8 Å². The molecule has 0 radical (unpaired) electrons. The van der Waals surface area contributed by atoms with Gasteiger partial charge in [0.15, 0.2) is 0 Å². The van der Waals surface area contributed by atoms with Crippen LogP contribution < -0.4 is 5.32 Å². The van der Waals surface area contributed by atoms with Crippen molar-refractivity contribution in [1.29, 1.82) is 5.26 Å². The molecule has 0 aromatic carbocycles. The number of ether oxygens (including phenoxy) is 1. The molecule has 0 spiro atoms. The van der Waals surface area contributed by atoms with Gasteiger partial charge < -0.3 is 15.0 Å². The van der Waals surface area contributed by atoms with E-state index in [1.54, 1.807) is 11.8 Å². The summed E-state index contributed by atoms with van der Waals surface area (Å²) in [6, 6.07) is 1.23. The number of hydrogen-bond acceptors (Lipinski definition) is 4. The van der Waals surface area contributed by atoms with E-state index in [9.17, 15) is 9.59 Å². The Morgan fingerprint density at radius 1 is 1.35 bits per heavy atom. The number of nitrogens with one attached hydrogen (secondary N) is 1. The molecule has 1 N–H and O–H groups in total. The van der Waals surface area contributed by atoms with E-state index in [2.05, 4.69) is 5.32 Å². The molecule has 1 heterocycles. The molecule has 0 aromatic rings. The van der Waals surface area contributed by atoms with Crippen molar-refractivity contribution in [3.05, 3.63) is 0 Å². The Bertz CT molecular complexity index is 331. The number of nitriles is 1. The van der Waals surface area contributed by atoms with Crippen molar-refractivity contribution in [3.63, 3.8) is 0 Å². The van der Waals surface area contributed by atoms with Gasteiger partial charge in [-0.15, -0.1) is 0 Å². The van der Waals surface area contributed by atoms with E-state index in [-0.39, 0.29) is 5.91 Å². The first-order chi connectivity index (χ1) is 8.06. The van der Waals surface area contributed by atoms with Gasteiger partial charge in [-0.05, 0) is 13.8 Å². The summed E-state index contributed by atoms with van der Waals surface area (Å²) in [7, 11) is 0. The van der Waals surface area contributed by atoms with E-state index in [1.165, 1.54) is 6.92 Å². The molecule has 94 valence electrons. The number of carbonyl (C=O) groups is 2. The van der Waals surface area contributed by atoms with Crippen LogP contribution in [0.1, 0.15) is 13.8 Å². The zero-order valence-corrected chi connectivity index (χ0v) is 10.1. The second kappa shape index (κ2) is 6.21. The van der Waals surface area contributed by atoms with Crippen molar-refractivity contribution in [2.24, 2.45) is 5.92 Å². The molecule has 0 bridgehead atoms. The summed E-state index contributed by atoms with van der Waals surface area (Å²) in [6.45, 7) is 5.28. The van der Waals surface area contributed by atoms with E-state index in [4.69, 9.17) is 10.00 Å². The maximum absolute atomic E-state index is 11.9. The molecule has 0 saturated carbocycles. The van der Waals surface area contributed by atoms with Crippen molar-refractivity contribution in [3.8, 4) is 6.07 Å². The van der Waals surface area contributed by atoms with Crippen molar-refractivity contribution < 1.29 is 14.3 Å². The second-order valence-electron chi connectivity index (χ2n) is 4.02. The van der Waals surface area contributed by atoms with Crippen LogP contribution in [0, 0.1) is 17.2 Å². The number of nitrogens with zero attached hydrogens (tertiary/aromatic N) is 2. The summed E-state index contributed by atoms with van der Waals surface area (Å²) < 4.78 is 5.14. The molecule has 1 fully saturated rings. The number of carbonyl (C=O) groups excluding carboxylic acids is 2. The fraction of sp³-hybridized carbons (Fsp3) is 0.727. The highest BCUT2D eigenvalue weighted by atomic mass is 16.5. The molecule has 0 aliphatic carbocycles. The van der Waals surface area contributed by atoms with Crippen molar-refractivity contribution in [2.45, 2.75) is 19.9 Å². The minimum absolute atomic E-state index is 0.133. The molecule has 1 aliphatic heterocycles. The molecular formula is C11H17N3O3. The summed E-state index contributed by atoms with van der Waals surface area (Å²) in [6.07, 6.45) is 0. The van der Waals surface area contributed by atoms with E-state index >= 15 is 0 Å². The molecule has 1 saturated heterocycles. The van der Waals surface area contributed by atoms with Crippen LogP contribution in [0.2, 0.25) is 0 Å². The zero-order chi connectivity index (χ0) is 12.8. The van der Waals surface area contributed by atoms with Crippen LogP contribution in [0.15, 0.2) is 0 Å². The molecule has 6 nitrogen and oxygen atoms in total. The Balaban J connectivity index is 2.46. The lowest BCUT2D eigenvalue weighted by atomic mass is 10.1. The van der Waals surface area contributed by atoms with Gasteiger partial charge in [0.1, 0.15) is 12.0 Å². The number of morpholine rings is 1. The Kier molecular flexibility index (Phi) is 4.91. The van der Waals surface area contributed by atoms with Gasteiger partial charge in [-0.1, -0.05) is 0 Å². The highest BCUT2D eigenvalue weighted by Crippen LogP contribution is 2.01. The van der Waals surface area contributed by atoms with Gasteiger partial charge in [-0.25, -0.2) is 0 Å². The van der Waals surface area contributed by atoms with E-state index in [0.717, 1.165) is 0 Å². The quantitative estimate of drug-likeness (QED) is 0.720. The monoisotopic (exact) mass is 239 g/mol. The lowest BCUT2D eigenvalue weighted by Gasteiger charge is -2.29. The summed E-state index contributed by atoms with van der Waals surface area (Å²) in [5, 5.41) is 11.1. The predicted molar refractivity (Wildman–Crippen MR) is 59.8 cm³/mol. The molecule has 2 unspecified atom stereocenters. The first-order valence-electron chi connectivity index (χ1n) is 5.62. The molecule has 1 rings (SSSR count). The van der Waals surface area contributed by atoms with Crippen molar-refractivity contribution in [1.82, 2.24) is 10.2 Å². The fourth-order valence-corrected chi connectivity index (χ4v) is 1.52. The third-order valence-electron chi connectivity index (χ3n) is 2.64. The van der Waals surface area contributed by atoms with Crippen LogP contribution in [-0.2, 0) is 14.3 Å². The lowest BCUT2D eigenvalue weighted by Crippen LogP contribution is -2.51. The van der Waals surface area contributed by atoms with Crippen LogP contribution in [0.3, 0.4) is 0 Å². The smallest absolute Gasteiger partial charge is 0.245 e. The van der Waals surface area contributed by atoms with Gasteiger partial charge in [-0.2, -0.15) is 5.26 Å². The van der Waals surface area contributed by atoms with Crippen LogP contribution in [-0.4, -0.2) is 49.1 Å². The minimum atomic E-state index is -0.741. The van der Waals surface area contributed by atoms with Gasteiger partial charge >= 0.3 is 0 Å². The number of amides is 2. The summed E-state index contributed by atoms with van der Waals surface area (Å²) in [4.78, 5) is 25.0. The summed E-state index contributed by atoms with van der Waals surface area (Å²) >= 11 is 0. The topological polar surface area (TPSA) is 82.4 Å². The Labute approximate surface area is 101 Å². The van der Waals surface area contributed by atoms with Crippen molar-refractivity contribution in [2.75, 3.05) is 26.3 Å². The predicted octanol–water partition coefficient (Wildman–Crippen LogP) is -0.490. The highest BCUT2D eigenvalue weighted by molar-refractivity contribution is 5.89. The Morgan fingerprint density at radius 2 is 1.94 bits per heavy atom. The van der Waals surface area contributed by atoms with Crippen LogP contribution in [0.4, 0.5) is 0 Å². The molecule has 0 aromatic heterocycles. The third kappa shape index (κ3) is 3.71. The van der Waals surface area contributed by atoms with Crippen LogP contribution >= 0.6 is 0 Å². The highest BCUT2D eigenvalue weighted by Gasteiger charge is 2.24. The van der Waals surface area contributed by atoms with Gasteiger partial charge in [-0.3, -0.25) is 9.59 Å². The first kappa shape index (κ1) is 13.5. The fourth-order valence-electron chi connectivity index (χ4n) is 1.52. The largest absolute Gasteiger partial charge is 0.378 e. The molecule has 17 heavy (non-hydrogen) atoms. The van der Waals surface area contributed by atoms with E-state index in [0.29, 0.717) is 26.3 Å². The molecule has 2 atom stereocenters. The average molecular weight is 239 g/mol. The zero-order valence-electron chi connectivity index (χ0n) is 10.1. The SMILES string of the molecule is CC(C#N)C(=O)NC(C)C(=O)N1CCOCC1. The summed E-state index contributed by atoms with van der Waals surface area (Å²) in [5.74, 6) is -1.29. The Morgan fingerprint density at radius 3 is 2.47 bits per heavy atom. The minimum Gasteiger partial charge on any atom is -0.378 e. The molecule has 2 amide bonds. The maximum atomic E-state index is 11.9. The lowest BCUT2D eigenvalue weighted by molar-refractivity contribution is -0.139. The van der Waals surface area contributed by atoms with Gasteiger partial charge in [0.2, 0.25) is 11.8 Å². The molecule has 6 heteroatoms. The number of rotatable bonds is 3. The third-order valence-corrected chi connectivity index (χ3v) is 2.64. The van der Waals surface area contributed by atoms with Gasteiger partial charge in [0, 0.05) is 13.1 Å². The normalized spacial score (nSPS) is 19.0. The second-order valence-corrected chi connectivity index (χ2v) is 4.02. The number of hydrogen-bond donors (Lipinski definition) is 1. The maximum Gasteiger partial charge on any atom is 0.245 e. The van der Waals surface area contributed by atoms with E-state index < -0.39 is 17.9 Å². The van der Waals surface area contributed by atoms with Gasteiger partial charge in [0.25, 0.3) is 0 Å². The van der Waals surface area contributed by atoms with Crippen LogP contribution in [0.5, 0.6) is 0 Å². The average Bonchev–Trinajstić information content (AvgIpc) is 2.37. The van der Waals surface area contributed by atoms with E-state index in [1.807, 2.05) is 6.07 Å². The Hall–Kier alpha value is -1.61. The first-order valence-corrected chi connectivity index (χ1v) is 5.62.